The maximum absolute atomic E-state index is 12.8. The Bertz CT molecular complexity index is 737. The first-order valence-corrected chi connectivity index (χ1v) is 10.5. The van der Waals surface area contributed by atoms with Gasteiger partial charge < -0.3 is 14.8 Å². The molecule has 1 aromatic rings. The Kier molecular flexibility index (Phi) is 5.11. The molecular formula is C23H31NO4. The maximum Gasteiger partial charge on any atom is 0.311 e. The first kappa shape index (κ1) is 19.3. The molecule has 4 fully saturated rings. The van der Waals surface area contributed by atoms with E-state index >= 15 is 0 Å². The second-order valence-electron chi connectivity index (χ2n) is 9.31. The van der Waals surface area contributed by atoms with Gasteiger partial charge in [0, 0.05) is 11.1 Å². The number of carbonyl (C=O) groups excluding carboxylic acids is 2. The van der Waals surface area contributed by atoms with Crippen LogP contribution in [0, 0.1) is 24.7 Å². The summed E-state index contributed by atoms with van der Waals surface area (Å²) in [6, 6.07) is 5.70. The van der Waals surface area contributed by atoms with Crippen LogP contribution >= 0.6 is 0 Å². The Morgan fingerprint density at radius 2 is 1.75 bits per heavy atom. The predicted octanol–water partition coefficient (Wildman–Crippen LogP) is 3.56. The van der Waals surface area contributed by atoms with Gasteiger partial charge in [-0.15, -0.1) is 0 Å². The van der Waals surface area contributed by atoms with Crippen molar-refractivity contribution in [1.29, 1.82) is 0 Å². The molecule has 0 aliphatic heterocycles. The monoisotopic (exact) mass is 385 g/mol. The standard InChI is InChI=1S/C23H31NO4/c1-14-4-5-20(27-3)19(6-14)10-21(25)28-15(2)22(26)24-23-11-16-7-17(12-23)9-18(8-16)13-23/h4-6,15-18H,7-13H2,1-3H3,(H,24,26)/t15-,16?,17?,18?,23?/m1/s1. The van der Waals surface area contributed by atoms with Crippen molar-refractivity contribution in [1.82, 2.24) is 5.32 Å². The number of rotatable bonds is 6. The molecule has 4 aliphatic rings. The predicted molar refractivity (Wildman–Crippen MR) is 106 cm³/mol. The molecule has 0 saturated heterocycles. The Morgan fingerprint density at radius 3 is 2.32 bits per heavy atom. The Labute approximate surface area is 167 Å². The molecule has 5 heteroatoms. The van der Waals surface area contributed by atoms with Gasteiger partial charge >= 0.3 is 5.97 Å². The lowest BCUT2D eigenvalue weighted by atomic mass is 9.53. The van der Waals surface area contributed by atoms with Crippen LogP contribution in [0.2, 0.25) is 0 Å². The van der Waals surface area contributed by atoms with Crippen LogP contribution in [-0.4, -0.2) is 30.6 Å². The first-order valence-electron chi connectivity index (χ1n) is 10.5. The van der Waals surface area contributed by atoms with Crippen molar-refractivity contribution < 1.29 is 19.1 Å². The van der Waals surface area contributed by atoms with Crippen molar-refractivity contribution in [2.75, 3.05) is 7.11 Å². The second kappa shape index (κ2) is 7.41. The van der Waals surface area contributed by atoms with Crippen LogP contribution in [0.1, 0.15) is 56.6 Å². The molecule has 152 valence electrons. The molecule has 4 saturated carbocycles. The van der Waals surface area contributed by atoms with E-state index in [0.29, 0.717) is 5.75 Å². The van der Waals surface area contributed by atoms with Gasteiger partial charge in [-0.05, 0) is 76.2 Å². The van der Waals surface area contributed by atoms with Crippen molar-refractivity contribution in [3.63, 3.8) is 0 Å². The fraction of sp³-hybridized carbons (Fsp3) is 0.652. The number of benzene rings is 1. The summed E-state index contributed by atoms with van der Waals surface area (Å²) < 4.78 is 10.8. The molecule has 1 N–H and O–H groups in total. The lowest BCUT2D eigenvalue weighted by molar-refractivity contribution is -0.156. The Balaban J connectivity index is 1.35. The minimum absolute atomic E-state index is 0.0632. The number of ether oxygens (including phenoxy) is 2. The summed E-state index contributed by atoms with van der Waals surface area (Å²) in [6.45, 7) is 3.64. The quantitative estimate of drug-likeness (QED) is 0.761. The summed E-state index contributed by atoms with van der Waals surface area (Å²) in [5.74, 6) is 2.38. The molecule has 0 radical (unpaired) electrons. The number of carbonyl (C=O) groups is 2. The van der Waals surface area contributed by atoms with Crippen molar-refractivity contribution in [2.24, 2.45) is 17.8 Å². The molecule has 4 aliphatic carbocycles. The molecule has 5 rings (SSSR count). The summed E-state index contributed by atoms with van der Waals surface area (Å²) in [5, 5.41) is 3.28. The van der Waals surface area contributed by atoms with Crippen molar-refractivity contribution in [3.8, 4) is 5.75 Å². The molecule has 4 bridgehead atoms. The van der Waals surface area contributed by atoms with Gasteiger partial charge in [0.1, 0.15) is 5.75 Å². The highest BCUT2D eigenvalue weighted by Crippen LogP contribution is 2.55. The van der Waals surface area contributed by atoms with Crippen LogP contribution in [0.4, 0.5) is 0 Å². The van der Waals surface area contributed by atoms with E-state index in [2.05, 4.69) is 5.32 Å². The van der Waals surface area contributed by atoms with Gasteiger partial charge in [0.2, 0.25) is 0 Å². The minimum atomic E-state index is -0.781. The third-order valence-corrected chi connectivity index (χ3v) is 6.87. The Morgan fingerprint density at radius 1 is 1.14 bits per heavy atom. The summed E-state index contributed by atoms with van der Waals surface area (Å²) in [4.78, 5) is 25.2. The summed E-state index contributed by atoms with van der Waals surface area (Å²) in [5.41, 5.74) is 1.77. The molecule has 0 aromatic heterocycles. The highest BCUT2D eigenvalue weighted by atomic mass is 16.5. The number of hydrogen-bond donors (Lipinski definition) is 1. The van der Waals surface area contributed by atoms with Crippen LogP contribution in [0.15, 0.2) is 18.2 Å². The SMILES string of the molecule is COc1ccc(C)cc1CC(=O)O[C@H](C)C(=O)NC12CC3CC(CC(C3)C1)C2. The second-order valence-corrected chi connectivity index (χ2v) is 9.31. The van der Waals surface area contributed by atoms with Crippen LogP contribution < -0.4 is 10.1 Å². The van der Waals surface area contributed by atoms with Gasteiger partial charge in [-0.25, -0.2) is 0 Å². The zero-order valence-corrected chi connectivity index (χ0v) is 17.1. The number of esters is 1. The largest absolute Gasteiger partial charge is 0.496 e. The van der Waals surface area contributed by atoms with E-state index in [-0.39, 0.29) is 17.9 Å². The number of nitrogens with one attached hydrogen (secondary N) is 1. The molecule has 1 aromatic carbocycles. The molecular weight excluding hydrogens is 354 g/mol. The van der Waals surface area contributed by atoms with Crippen LogP contribution in [0.3, 0.4) is 0 Å². The van der Waals surface area contributed by atoms with Crippen molar-refractivity contribution in [3.05, 3.63) is 29.3 Å². The summed E-state index contributed by atoms with van der Waals surface area (Å²) in [7, 11) is 1.58. The van der Waals surface area contributed by atoms with E-state index in [0.717, 1.165) is 48.1 Å². The van der Waals surface area contributed by atoms with E-state index in [4.69, 9.17) is 9.47 Å². The lowest BCUT2D eigenvalue weighted by Crippen LogP contribution is -2.61. The van der Waals surface area contributed by atoms with E-state index in [1.165, 1.54) is 19.3 Å². The Hall–Kier alpha value is -2.04. The maximum atomic E-state index is 12.8. The van der Waals surface area contributed by atoms with Gasteiger partial charge in [0.25, 0.3) is 5.91 Å². The van der Waals surface area contributed by atoms with E-state index in [9.17, 15) is 9.59 Å². The fourth-order valence-corrected chi connectivity index (χ4v) is 6.12. The minimum Gasteiger partial charge on any atom is -0.496 e. The molecule has 0 spiro atoms. The van der Waals surface area contributed by atoms with Crippen LogP contribution in [0.5, 0.6) is 5.75 Å². The van der Waals surface area contributed by atoms with Gasteiger partial charge in [0.05, 0.1) is 13.5 Å². The van der Waals surface area contributed by atoms with Crippen molar-refractivity contribution >= 4 is 11.9 Å². The zero-order chi connectivity index (χ0) is 19.9. The van der Waals surface area contributed by atoms with Crippen molar-refractivity contribution in [2.45, 2.75) is 70.4 Å². The topological polar surface area (TPSA) is 64.6 Å². The number of methoxy groups -OCH3 is 1. The van der Waals surface area contributed by atoms with Gasteiger partial charge in [0.15, 0.2) is 6.10 Å². The first-order chi connectivity index (χ1) is 13.4. The smallest absolute Gasteiger partial charge is 0.311 e. The van der Waals surface area contributed by atoms with Gasteiger partial charge in [-0.2, -0.15) is 0 Å². The average molecular weight is 386 g/mol. The molecule has 28 heavy (non-hydrogen) atoms. The van der Waals surface area contributed by atoms with Crippen LogP contribution in [0.25, 0.3) is 0 Å². The summed E-state index contributed by atoms with van der Waals surface area (Å²) >= 11 is 0. The molecule has 0 unspecified atom stereocenters. The zero-order valence-electron chi connectivity index (χ0n) is 17.1. The average Bonchev–Trinajstić information content (AvgIpc) is 2.60. The van der Waals surface area contributed by atoms with E-state index in [1.54, 1.807) is 14.0 Å². The number of hydrogen-bond acceptors (Lipinski definition) is 4. The van der Waals surface area contributed by atoms with E-state index in [1.807, 2.05) is 25.1 Å². The van der Waals surface area contributed by atoms with Gasteiger partial charge in [-0.3, -0.25) is 9.59 Å². The van der Waals surface area contributed by atoms with Gasteiger partial charge in [-0.1, -0.05) is 17.7 Å². The highest BCUT2D eigenvalue weighted by molar-refractivity contribution is 5.84. The number of aryl methyl sites for hydroxylation is 1. The molecule has 1 atom stereocenters. The fourth-order valence-electron chi connectivity index (χ4n) is 6.12. The normalized spacial score (nSPS) is 31.3. The van der Waals surface area contributed by atoms with Crippen LogP contribution in [-0.2, 0) is 20.7 Å². The highest BCUT2D eigenvalue weighted by Gasteiger charge is 2.51. The number of amides is 1. The van der Waals surface area contributed by atoms with E-state index < -0.39 is 12.1 Å². The third-order valence-electron chi connectivity index (χ3n) is 6.87. The lowest BCUT2D eigenvalue weighted by Gasteiger charge is -2.57. The summed E-state index contributed by atoms with van der Waals surface area (Å²) in [6.07, 6.45) is 6.58. The third kappa shape index (κ3) is 3.89. The molecule has 5 nitrogen and oxygen atoms in total. The molecule has 1 amide bonds. The molecule has 0 heterocycles.